The van der Waals surface area contributed by atoms with E-state index in [-0.39, 0.29) is 36.4 Å². The van der Waals surface area contributed by atoms with Gasteiger partial charge in [0.15, 0.2) is 24.9 Å². The predicted octanol–water partition coefficient (Wildman–Crippen LogP) is 1.67. The fourth-order valence-corrected chi connectivity index (χ4v) is 4.34. The van der Waals surface area contributed by atoms with Crippen molar-refractivity contribution in [3.8, 4) is 6.01 Å². The third-order valence-corrected chi connectivity index (χ3v) is 5.92. The molecule has 1 aromatic rings. The molecule has 0 bridgehead atoms. The minimum absolute atomic E-state index is 0.202. The Balaban J connectivity index is 1.33. The lowest BCUT2D eigenvalue weighted by Gasteiger charge is -2.30. The summed E-state index contributed by atoms with van der Waals surface area (Å²) in [5, 5.41) is 0. The van der Waals surface area contributed by atoms with Crippen LogP contribution in [0.2, 0.25) is 0 Å². The maximum Gasteiger partial charge on any atom is 0.302 e. The van der Waals surface area contributed by atoms with Gasteiger partial charge in [-0.25, -0.2) is 0 Å². The van der Waals surface area contributed by atoms with Crippen LogP contribution in [0.4, 0.5) is 0 Å². The summed E-state index contributed by atoms with van der Waals surface area (Å²) in [7, 11) is 0. The molecule has 5 heterocycles. The quantitative estimate of drug-likeness (QED) is 0.727. The third kappa shape index (κ3) is 3.94. The molecule has 29 heavy (non-hydrogen) atoms. The zero-order valence-electron chi connectivity index (χ0n) is 16.7. The number of hydrogen-bond donors (Lipinski definition) is 0. The smallest absolute Gasteiger partial charge is 0.302 e. The minimum Gasteiger partial charge on any atom is -0.453 e. The molecule has 5 rings (SSSR count). The van der Waals surface area contributed by atoms with Gasteiger partial charge in [0.25, 0.3) is 5.56 Å². The van der Waals surface area contributed by atoms with Gasteiger partial charge in [0.1, 0.15) is 12.2 Å². The summed E-state index contributed by atoms with van der Waals surface area (Å²) in [6.45, 7) is 3.50. The van der Waals surface area contributed by atoms with Gasteiger partial charge in [0, 0.05) is 25.0 Å². The lowest BCUT2D eigenvalue weighted by molar-refractivity contribution is -0.223. The summed E-state index contributed by atoms with van der Waals surface area (Å²) in [5.41, 5.74) is 0.253. The minimum atomic E-state index is -0.411. The first-order valence-electron chi connectivity index (χ1n) is 10.6. The third-order valence-electron chi connectivity index (χ3n) is 5.92. The van der Waals surface area contributed by atoms with Gasteiger partial charge in [0.05, 0.1) is 6.61 Å². The van der Waals surface area contributed by atoms with E-state index >= 15 is 0 Å². The van der Waals surface area contributed by atoms with E-state index in [2.05, 4.69) is 4.98 Å². The first-order chi connectivity index (χ1) is 14.2. The molecule has 0 amide bonds. The summed E-state index contributed by atoms with van der Waals surface area (Å²) in [6.07, 6.45) is 5.74. The second kappa shape index (κ2) is 8.31. The van der Waals surface area contributed by atoms with Gasteiger partial charge in [-0.15, -0.1) is 0 Å². The van der Waals surface area contributed by atoms with Gasteiger partial charge in [-0.2, -0.15) is 4.98 Å². The van der Waals surface area contributed by atoms with E-state index in [0.717, 1.165) is 45.1 Å². The number of aryl methyl sites for hydroxylation is 1. The second-order valence-corrected chi connectivity index (χ2v) is 8.09. The Hall–Kier alpha value is -1.52. The van der Waals surface area contributed by atoms with Crippen molar-refractivity contribution in [1.82, 2.24) is 9.55 Å². The molecule has 4 aliphatic rings. The molecule has 9 heteroatoms. The van der Waals surface area contributed by atoms with Crippen LogP contribution in [-0.4, -0.2) is 60.3 Å². The van der Waals surface area contributed by atoms with Gasteiger partial charge in [-0.05, 0) is 45.4 Å². The number of fused-ring (bicyclic) bond motifs is 3. The average Bonchev–Trinajstić information content (AvgIpc) is 3.25. The molecule has 9 nitrogen and oxygen atoms in total. The van der Waals surface area contributed by atoms with Crippen LogP contribution in [0.3, 0.4) is 0 Å². The molecule has 0 spiro atoms. The molecule has 0 aromatic carbocycles. The Kier molecular flexibility index (Phi) is 5.57. The molecular weight excluding hydrogens is 380 g/mol. The Morgan fingerprint density at radius 1 is 1.14 bits per heavy atom. The van der Waals surface area contributed by atoms with Crippen molar-refractivity contribution in [3.05, 3.63) is 22.1 Å². The zero-order chi connectivity index (χ0) is 19.8. The second-order valence-electron chi connectivity index (χ2n) is 8.09. The monoisotopic (exact) mass is 408 g/mol. The number of ether oxygens (including phenoxy) is 6. The van der Waals surface area contributed by atoms with Gasteiger partial charge >= 0.3 is 6.01 Å². The summed E-state index contributed by atoms with van der Waals surface area (Å²) in [6, 6.07) is 0.267. The highest BCUT2D eigenvalue weighted by molar-refractivity contribution is 5.15. The van der Waals surface area contributed by atoms with Crippen molar-refractivity contribution in [3.63, 3.8) is 0 Å². The van der Waals surface area contributed by atoms with Crippen LogP contribution >= 0.6 is 0 Å². The number of hydrogen-bond acceptors (Lipinski definition) is 8. The van der Waals surface area contributed by atoms with Gasteiger partial charge in [0.2, 0.25) is 0 Å². The molecule has 3 fully saturated rings. The lowest BCUT2D eigenvalue weighted by atomic mass is 10.1. The van der Waals surface area contributed by atoms with Gasteiger partial charge < -0.3 is 28.4 Å². The topological polar surface area (TPSA) is 90.3 Å². The molecule has 3 saturated heterocycles. The van der Waals surface area contributed by atoms with E-state index < -0.39 is 12.3 Å². The van der Waals surface area contributed by atoms with Crippen molar-refractivity contribution >= 4 is 0 Å². The van der Waals surface area contributed by atoms with E-state index in [9.17, 15) is 4.79 Å². The molecule has 0 N–H and O–H groups in total. The lowest BCUT2D eigenvalue weighted by Crippen LogP contribution is -2.43. The summed E-state index contributed by atoms with van der Waals surface area (Å²) in [5.74, 6) is 0. The Bertz CT molecular complexity index is 773. The summed E-state index contributed by atoms with van der Waals surface area (Å²) < 4.78 is 37.8. The van der Waals surface area contributed by atoms with Crippen molar-refractivity contribution in [2.75, 3.05) is 19.8 Å². The normalized spacial score (nSPS) is 36.4. The van der Waals surface area contributed by atoms with Crippen molar-refractivity contribution in [2.24, 2.45) is 0 Å². The van der Waals surface area contributed by atoms with Crippen molar-refractivity contribution in [1.29, 1.82) is 0 Å². The molecule has 6 atom stereocenters. The van der Waals surface area contributed by atoms with Crippen molar-refractivity contribution < 1.29 is 28.4 Å². The van der Waals surface area contributed by atoms with Crippen LogP contribution in [0, 0.1) is 6.92 Å². The van der Waals surface area contributed by atoms with Crippen LogP contribution in [0.25, 0.3) is 0 Å². The Morgan fingerprint density at radius 2 is 1.90 bits per heavy atom. The zero-order valence-corrected chi connectivity index (χ0v) is 16.7. The number of nitrogens with zero attached hydrogens (tertiary/aromatic N) is 2. The molecule has 160 valence electrons. The van der Waals surface area contributed by atoms with E-state index in [4.69, 9.17) is 28.4 Å². The maximum atomic E-state index is 11.9. The van der Waals surface area contributed by atoms with Crippen LogP contribution in [0.1, 0.15) is 50.3 Å². The van der Waals surface area contributed by atoms with Gasteiger partial charge in [-0.1, -0.05) is 0 Å². The molecule has 0 saturated carbocycles. The fourth-order valence-electron chi connectivity index (χ4n) is 4.34. The van der Waals surface area contributed by atoms with E-state index in [0.29, 0.717) is 18.8 Å². The van der Waals surface area contributed by atoms with Crippen LogP contribution in [0.5, 0.6) is 6.01 Å². The molecule has 4 aliphatic heterocycles. The van der Waals surface area contributed by atoms with Crippen LogP contribution < -0.4 is 10.3 Å². The average molecular weight is 408 g/mol. The highest BCUT2D eigenvalue weighted by Crippen LogP contribution is 2.41. The van der Waals surface area contributed by atoms with Gasteiger partial charge in [-0.3, -0.25) is 9.36 Å². The SMILES string of the molecule is Cc1cn2c(nc1=O)OC1[C@@H](OC3CCCCO3)[C@@H](COC3CCCCO3)O[C@@H]12. The summed E-state index contributed by atoms with van der Waals surface area (Å²) >= 11 is 0. The Labute approximate surface area is 169 Å². The van der Waals surface area contributed by atoms with Crippen LogP contribution in [0.15, 0.2) is 11.0 Å². The van der Waals surface area contributed by atoms with E-state index in [1.165, 1.54) is 0 Å². The first-order valence-corrected chi connectivity index (χ1v) is 10.6. The Morgan fingerprint density at radius 3 is 2.62 bits per heavy atom. The maximum absolute atomic E-state index is 11.9. The first kappa shape index (κ1) is 19.4. The number of aromatic nitrogens is 2. The molecule has 1 aromatic heterocycles. The van der Waals surface area contributed by atoms with Crippen LogP contribution in [-0.2, 0) is 23.7 Å². The predicted molar refractivity (Wildman–Crippen MR) is 99.6 cm³/mol. The van der Waals surface area contributed by atoms with E-state index in [1.807, 2.05) is 0 Å². The molecule has 0 aliphatic carbocycles. The highest BCUT2D eigenvalue weighted by Gasteiger charge is 2.53. The standard InChI is InChI=1S/C20H28N2O7/c1-12-10-22-19-17(29-20(22)21-18(12)23)16(28-15-7-3-5-9-25-15)13(27-19)11-26-14-6-2-4-8-24-14/h10,13-17,19H,2-9,11H2,1H3/t13-,14?,15?,16+,17?,19+/m1/s1. The summed E-state index contributed by atoms with van der Waals surface area (Å²) in [4.78, 5) is 15.9. The van der Waals surface area contributed by atoms with Crippen molar-refractivity contribution in [2.45, 2.75) is 82.6 Å². The molecule has 3 unspecified atom stereocenters. The van der Waals surface area contributed by atoms with E-state index in [1.54, 1.807) is 17.7 Å². The molecular formula is C20H28N2O7. The largest absolute Gasteiger partial charge is 0.453 e. The highest BCUT2D eigenvalue weighted by atomic mass is 16.7. The molecule has 0 radical (unpaired) electrons. The number of rotatable bonds is 5. The fraction of sp³-hybridized carbons (Fsp3) is 0.800.